The van der Waals surface area contributed by atoms with Gasteiger partial charge in [-0.1, -0.05) is 12.1 Å². The van der Waals surface area contributed by atoms with Gasteiger partial charge in [0.05, 0.1) is 29.4 Å². The third-order valence-electron chi connectivity index (χ3n) is 4.16. The molecule has 28 heavy (non-hydrogen) atoms. The number of halogens is 3. The molecule has 1 atom stereocenters. The highest BCUT2D eigenvalue weighted by Crippen LogP contribution is 2.44. The van der Waals surface area contributed by atoms with E-state index < -0.39 is 29.1 Å². The lowest BCUT2D eigenvalue weighted by atomic mass is 9.99. The number of hydrogen-bond acceptors (Lipinski definition) is 6. The average Bonchev–Trinajstić information content (AvgIpc) is 3.15. The molecule has 0 spiro atoms. The minimum Gasteiger partial charge on any atom is -0.480 e. The number of ether oxygens (including phenoxy) is 1. The Labute approximate surface area is 161 Å². The van der Waals surface area contributed by atoms with Crippen LogP contribution in [0.25, 0.3) is 10.2 Å². The number of methoxy groups -OCH3 is 1. The number of nitrogens with zero attached hydrogens (tertiary/aromatic N) is 3. The monoisotopic (exact) mass is 414 g/mol. The lowest BCUT2D eigenvalue weighted by molar-refractivity contribution is -0.266. The molecule has 2 heterocycles. The fourth-order valence-electron chi connectivity index (χ4n) is 2.78. The lowest BCUT2D eigenvalue weighted by Gasteiger charge is -2.27. The Morgan fingerprint density at radius 1 is 1.36 bits per heavy atom. The van der Waals surface area contributed by atoms with Crippen LogP contribution in [0, 0.1) is 6.92 Å². The quantitative estimate of drug-likeness (QED) is 0.670. The molecule has 2 aromatic heterocycles. The molecule has 1 aromatic carbocycles. The van der Waals surface area contributed by atoms with E-state index in [1.807, 2.05) is 0 Å². The van der Waals surface area contributed by atoms with Gasteiger partial charge in [-0.15, -0.1) is 11.3 Å². The minimum atomic E-state index is -5.10. The fraction of sp³-hybridized carbons (Fsp3) is 0.353. The maximum absolute atomic E-state index is 13.7. The number of rotatable bonds is 5. The molecule has 2 N–H and O–H groups in total. The summed E-state index contributed by atoms with van der Waals surface area (Å²) in [4.78, 5) is 16.3. The van der Waals surface area contributed by atoms with Crippen LogP contribution >= 0.6 is 11.3 Å². The first-order valence-corrected chi connectivity index (χ1v) is 8.91. The van der Waals surface area contributed by atoms with Gasteiger partial charge in [-0.2, -0.15) is 18.3 Å². The highest BCUT2D eigenvalue weighted by Gasteiger charge is 2.58. The molecular weight excluding hydrogens is 397 g/mol. The second kappa shape index (κ2) is 7.06. The molecule has 0 fully saturated rings. The Balaban J connectivity index is 1.94. The highest BCUT2D eigenvalue weighted by atomic mass is 32.1. The number of benzene rings is 1. The molecule has 11 heteroatoms. The molecule has 150 valence electrons. The first-order valence-electron chi connectivity index (χ1n) is 8.09. The number of hydrogen-bond donors (Lipinski definition) is 2. The number of thiazole rings is 1. The molecule has 0 saturated heterocycles. The van der Waals surface area contributed by atoms with Gasteiger partial charge in [0, 0.05) is 7.05 Å². The van der Waals surface area contributed by atoms with E-state index in [-0.39, 0.29) is 11.6 Å². The van der Waals surface area contributed by atoms with Crippen LogP contribution in [0.15, 0.2) is 24.3 Å². The summed E-state index contributed by atoms with van der Waals surface area (Å²) in [6.07, 6.45) is -6.36. The number of carbonyl (C=O) groups is 1. The lowest BCUT2D eigenvalue weighted by Crippen LogP contribution is -2.45. The number of nitrogens with one attached hydrogen (secondary N) is 1. The van der Waals surface area contributed by atoms with E-state index >= 15 is 0 Å². The van der Waals surface area contributed by atoms with Gasteiger partial charge >= 0.3 is 6.18 Å². The van der Waals surface area contributed by atoms with E-state index in [0.29, 0.717) is 27.2 Å². The van der Waals surface area contributed by atoms with Crippen LogP contribution in [0.3, 0.4) is 0 Å². The van der Waals surface area contributed by atoms with Crippen molar-refractivity contribution < 1.29 is 27.8 Å². The Morgan fingerprint density at radius 3 is 2.64 bits per heavy atom. The summed E-state index contributed by atoms with van der Waals surface area (Å²) in [5.74, 6) is -0.866. The van der Waals surface area contributed by atoms with Crippen LogP contribution in [-0.4, -0.2) is 39.1 Å². The topological polar surface area (TPSA) is 89.3 Å². The van der Waals surface area contributed by atoms with Crippen LogP contribution in [0.2, 0.25) is 0 Å². The SMILES string of the molecule is COc1c(NC(=O)CC(O)(c2nc3ccccc3s2)C(F)(F)F)c(C)nn1C. The van der Waals surface area contributed by atoms with E-state index in [1.165, 1.54) is 17.9 Å². The molecule has 3 rings (SSSR count). The average molecular weight is 414 g/mol. The first kappa shape index (κ1) is 20.1. The fourth-order valence-corrected chi connectivity index (χ4v) is 3.85. The molecular formula is C17H17F3N4O3S. The number of fused-ring (bicyclic) bond motifs is 1. The first-order chi connectivity index (χ1) is 13.1. The highest BCUT2D eigenvalue weighted by molar-refractivity contribution is 7.18. The predicted molar refractivity (Wildman–Crippen MR) is 97.3 cm³/mol. The van der Waals surface area contributed by atoms with Gasteiger partial charge in [0.15, 0.2) is 0 Å². The van der Waals surface area contributed by atoms with Crippen LogP contribution in [0.1, 0.15) is 17.1 Å². The number of amides is 1. The van der Waals surface area contributed by atoms with Crippen LogP contribution in [0.4, 0.5) is 18.9 Å². The molecule has 0 aliphatic rings. The summed E-state index contributed by atoms with van der Waals surface area (Å²) < 4.78 is 48.2. The van der Waals surface area contributed by atoms with Gasteiger partial charge < -0.3 is 15.2 Å². The zero-order valence-electron chi connectivity index (χ0n) is 15.2. The van der Waals surface area contributed by atoms with Crippen molar-refractivity contribution in [3.8, 4) is 5.88 Å². The van der Waals surface area contributed by atoms with Crippen molar-refractivity contribution in [2.24, 2.45) is 7.05 Å². The molecule has 1 unspecified atom stereocenters. The summed E-state index contributed by atoms with van der Waals surface area (Å²) in [7, 11) is 2.91. The van der Waals surface area contributed by atoms with Crippen molar-refractivity contribution in [1.29, 1.82) is 0 Å². The molecule has 1 amide bonds. The molecule has 0 saturated carbocycles. The largest absolute Gasteiger partial charge is 0.480 e. The smallest absolute Gasteiger partial charge is 0.424 e. The second-order valence-electron chi connectivity index (χ2n) is 6.16. The van der Waals surface area contributed by atoms with Gasteiger partial charge in [0.2, 0.25) is 17.4 Å². The number of anilines is 1. The van der Waals surface area contributed by atoms with Gasteiger partial charge in [0.25, 0.3) is 0 Å². The standard InChI is InChI=1S/C17H17F3N4O3S/c1-9-13(14(27-3)24(2)23-9)22-12(25)8-16(26,17(18,19)20)15-21-10-6-4-5-7-11(10)28-15/h4-7,26H,8H2,1-3H3,(H,22,25). The van der Waals surface area contributed by atoms with Gasteiger partial charge in [-0.05, 0) is 19.1 Å². The Kier molecular flexibility index (Phi) is 5.06. The molecule has 0 aliphatic carbocycles. The van der Waals surface area contributed by atoms with Gasteiger partial charge in [0.1, 0.15) is 10.7 Å². The number of aryl methyl sites for hydroxylation is 2. The number of carbonyl (C=O) groups excluding carboxylic acids is 1. The summed E-state index contributed by atoms with van der Waals surface area (Å²) in [6, 6.07) is 6.41. The van der Waals surface area contributed by atoms with E-state index in [2.05, 4.69) is 15.4 Å². The molecule has 3 aromatic rings. The van der Waals surface area contributed by atoms with Crippen molar-refractivity contribution in [3.63, 3.8) is 0 Å². The van der Waals surface area contributed by atoms with Crippen LogP contribution in [-0.2, 0) is 17.4 Å². The number of para-hydroxylation sites is 1. The van der Waals surface area contributed by atoms with Crippen LogP contribution < -0.4 is 10.1 Å². The zero-order chi connectivity index (χ0) is 20.7. The molecule has 7 nitrogen and oxygen atoms in total. The van der Waals surface area contributed by atoms with Gasteiger partial charge in [-0.3, -0.25) is 4.79 Å². The van der Waals surface area contributed by atoms with E-state index in [1.54, 1.807) is 32.2 Å². The molecule has 0 bridgehead atoms. The van der Waals surface area contributed by atoms with E-state index in [0.717, 1.165) is 0 Å². The number of aliphatic hydroxyl groups is 1. The Morgan fingerprint density at radius 2 is 2.04 bits per heavy atom. The summed E-state index contributed by atoms with van der Waals surface area (Å²) >= 11 is 0.692. The Bertz CT molecular complexity index is 997. The predicted octanol–water partition coefficient (Wildman–Crippen LogP) is 3.13. The number of alkyl halides is 3. The zero-order valence-corrected chi connectivity index (χ0v) is 16.0. The number of aromatic nitrogens is 3. The van der Waals surface area contributed by atoms with Crippen molar-refractivity contribution in [2.45, 2.75) is 25.1 Å². The third-order valence-corrected chi connectivity index (χ3v) is 5.35. The summed E-state index contributed by atoms with van der Waals surface area (Å²) in [6.45, 7) is 1.57. The molecule has 0 radical (unpaired) electrons. The van der Waals surface area contributed by atoms with Crippen molar-refractivity contribution >= 4 is 33.1 Å². The second-order valence-corrected chi connectivity index (χ2v) is 7.19. The van der Waals surface area contributed by atoms with Crippen LogP contribution in [0.5, 0.6) is 5.88 Å². The maximum atomic E-state index is 13.7. The summed E-state index contributed by atoms with van der Waals surface area (Å²) in [5, 5.41) is 16.3. The van der Waals surface area contributed by atoms with Crippen molar-refractivity contribution in [3.05, 3.63) is 35.0 Å². The van der Waals surface area contributed by atoms with E-state index in [4.69, 9.17) is 4.74 Å². The van der Waals surface area contributed by atoms with Gasteiger partial charge in [-0.25, -0.2) is 9.67 Å². The van der Waals surface area contributed by atoms with Crippen molar-refractivity contribution in [1.82, 2.24) is 14.8 Å². The third kappa shape index (κ3) is 3.42. The van der Waals surface area contributed by atoms with E-state index in [9.17, 15) is 23.1 Å². The maximum Gasteiger partial charge on any atom is 0.424 e. The minimum absolute atomic E-state index is 0.142. The molecule has 0 aliphatic heterocycles. The Hall–Kier alpha value is -2.66. The summed E-state index contributed by atoms with van der Waals surface area (Å²) in [5.41, 5.74) is -2.60. The normalized spacial score (nSPS) is 14.1. The van der Waals surface area contributed by atoms with Crippen molar-refractivity contribution in [2.75, 3.05) is 12.4 Å².